The third-order valence-electron chi connectivity index (χ3n) is 2.63. The fraction of sp³-hybridized carbons (Fsp3) is 0.0714. The maximum Gasteiger partial charge on any atom is 0.272 e. The molecule has 0 radical (unpaired) electrons. The lowest BCUT2D eigenvalue weighted by Crippen LogP contribution is -2.00. The van der Waals surface area contributed by atoms with Crippen LogP contribution in [0.3, 0.4) is 0 Å². The van der Waals surface area contributed by atoms with E-state index in [1.165, 1.54) is 12.1 Å². The Morgan fingerprint density at radius 3 is 2.71 bits per heavy atom. The molecule has 0 aliphatic heterocycles. The Balaban J connectivity index is 2.23. The molecule has 2 rings (SSSR count). The summed E-state index contributed by atoms with van der Waals surface area (Å²) in [5, 5.41) is 19.5. The molecule has 2 aromatic carbocycles. The van der Waals surface area contributed by atoms with Crippen molar-refractivity contribution in [3.63, 3.8) is 0 Å². The first-order valence-electron chi connectivity index (χ1n) is 5.76. The summed E-state index contributed by atoms with van der Waals surface area (Å²) in [4.78, 5) is 9.90. The van der Waals surface area contributed by atoms with E-state index in [4.69, 9.17) is 10.00 Å². The predicted octanol–water partition coefficient (Wildman–Crippen LogP) is 3.32. The summed E-state index contributed by atoms with van der Waals surface area (Å²) in [5.41, 5.74) is -0.480. The Labute approximate surface area is 118 Å². The van der Waals surface area contributed by atoms with Crippen LogP contribution in [-0.2, 0) is 6.61 Å². The molecule has 0 unspecified atom stereocenters. The molecule has 0 spiro atoms. The lowest BCUT2D eigenvalue weighted by atomic mass is 10.2. The number of hydrogen-bond acceptors (Lipinski definition) is 4. The van der Waals surface area contributed by atoms with Crippen LogP contribution in [-0.4, -0.2) is 4.92 Å². The Morgan fingerprint density at radius 1 is 1.29 bits per heavy atom. The van der Waals surface area contributed by atoms with Gasteiger partial charge in [-0.3, -0.25) is 10.1 Å². The molecule has 2 aromatic rings. The van der Waals surface area contributed by atoms with E-state index in [-0.39, 0.29) is 23.5 Å². The Kier molecular flexibility index (Phi) is 4.09. The molecular formula is C14H8F2N2O3. The summed E-state index contributed by atoms with van der Waals surface area (Å²) in [6, 6.07) is 8.51. The van der Waals surface area contributed by atoms with Crippen molar-refractivity contribution >= 4 is 5.69 Å². The zero-order chi connectivity index (χ0) is 15.4. The number of nitriles is 1. The van der Waals surface area contributed by atoms with E-state index in [1.807, 2.05) is 0 Å². The second-order valence-corrected chi connectivity index (χ2v) is 4.09. The van der Waals surface area contributed by atoms with E-state index in [2.05, 4.69) is 0 Å². The van der Waals surface area contributed by atoms with Crippen LogP contribution < -0.4 is 4.74 Å². The van der Waals surface area contributed by atoms with Gasteiger partial charge in [-0.05, 0) is 23.8 Å². The molecule has 21 heavy (non-hydrogen) atoms. The number of non-ortho nitro benzene ring substituents is 1. The molecule has 0 aliphatic rings. The van der Waals surface area contributed by atoms with Gasteiger partial charge in [-0.2, -0.15) is 5.26 Å². The minimum Gasteiger partial charge on any atom is -0.487 e. The second-order valence-electron chi connectivity index (χ2n) is 4.09. The fourth-order valence-electron chi connectivity index (χ4n) is 1.72. The third kappa shape index (κ3) is 3.30. The topological polar surface area (TPSA) is 76.2 Å². The van der Waals surface area contributed by atoms with E-state index >= 15 is 0 Å². The molecule has 0 bridgehead atoms. The van der Waals surface area contributed by atoms with Crippen molar-refractivity contribution in [2.75, 3.05) is 0 Å². The summed E-state index contributed by atoms with van der Waals surface area (Å²) in [7, 11) is 0. The molecule has 0 fully saturated rings. The third-order valence-corrected chi connectivity index (χ3v) is 2.63. The monoisotopic (exact) mass is 290 g/mol. The van der Waals surface area contributed by atoms with Crippen molar-refractivity contribution in [3.05, 3.63) is 69.3 Å². The quantitative estimate of drug-likeness (QED) is 0.639. The van der Waals surface area contributed by atoms with Crippen LogP contribution in [0.1, 0.15) is 11.1 Å². The highest BCUT2D eigenvalue weighted by molar-refractivity contribution is 5.44. The van der Waals surface area contributed by atoms with Gasteiger partial charge in [0, 0.05) is 6.07 Å². The number of nitro benzene ring substituents is 1. The Morgan fingerprint density at radius 2 is 2.05 bits per heavy atom. The molecular weight excluding hydrogens is 282 g/mol. The highest BCUT2D eigenvalue weighted by Crippen LogP contribution is 2.23. The highest BCUT2D eigenvalue weighted by Gasteiger charge is 2.12. The molecule has 0 aromatic heterocycles. The average Bonchev–Trinajstić information content (AvgIpc) is 2.44. The lowest BCUT2D eigenvalue weighted by molar-refractivity contribution is -0.385. The summed E-state index contributed by atoms with van der Waals surface area (Å²) in [6.07, 6.45) is 0. The molecule has 0 heterocycles. The highest BCUT2D eigenvalue weighted by atomic mass is 19.1. The average molecular weight is 290 g/mol. The number of halogens is 2. The van der Waals surface area contributed by atoms with Gasteiger partial charge in [0.05, 0.1) is 11.0 Å². The van der Waals surface area contributed by atoms with Crippen molar-refractivity contribution in [2.24, 2.45) is 0 Å². The molecule has 0 atom stereocenters. The van der Waals surface area contributed by atoms with E-state index in [0.29, 0.717) is 0 Å². The molecule has 0 saturated carbocycles. The minimum absolute atomic E-state index is 0.00980. The van der Waals surface area contributed by atoms with Gasteiger partial charge in [0.1, 0.15) is 35.6 Å². The zero-order valence-electron chi connectivity index (χ0n) is 10.5. The van der Waals surface area contributed by atoms with Gasteiger partial charge in [-0.1, -0.05) is 6.07 Å². The number of ether oxygens (including phenoxy) is 1. The van der Waals surface area contributed by atoms with Gasteiger partial charge < -0.3 is 4.74 Å². The SMILES string of the molecule is N#Cc1c(F)cccc1OCc1cc(F)cc([N+](=O)[O-])c1. The summed E-state index contributed by atoms with van der Waals surface area (Å²) >= 11 is 0. The second kappa shape index (κ2) is 5.96. The van der Waals surface area contributed by atoms with Gasteiger partial charge >= 0.3 is 0 Å². The van der Waals surface area contributed by atoms with E-state index in [9.17, 15) is 18.9 Å². The van der Waals surface area contributed by atoms with Crippen LogP contribution in [0.4, 0.5) is 14.5 Å². The van der Waals surface area contributed by atoms with Crippen LogP contribution in [0.5, 0.6) is 5.75 Å². The van der Waals surface area contributed by atoms with E-state index < -0.39 is 22.2 Å². The predicted molar refractivity (Wildman–Crippen MR) is 68.5 cm³/mol. The van der Waals surface area contributed by atoms with Gasteiger partial charge in [0.15, 0.2) is 0 Å². The lowest BCUT2D eigenvalue weighted by Gasteiger charge is -2.08. The molecule has 106 valence electrons. The van der Waals surface area contributed by atoms with Crippen molar-refractivity contribution in [1.82, 2.24) is 0 Å². The standard InChI is InChI=1S/C14H8F2N2O3/c15-10-4-9(5-11(6-10)18(19)20)8-21-14-3-1-2-13(16)12(14)7-17/h1-6H,8H2. The van der Waals surface area contributed by atoms with Gasteiger partial charge in [-0.15, -0.1) is 0 Å². The maximum absolute atomic E-state index is 13.4. The van der Waals surface area contributed by atoms with Gasteiger partial charge in [-0.25, -0.2) is 8.78 Å². The molecule has 0 N–H and O–H groups in total. The van der Waals surface area contributed by atoms with Crippen LogP contribution in [0.25, 0.3) is 0 Å². The van der Waals surface area contributed by atoms with Crippen molar-refractivity contribution in [2.45, 2.75) is 6.61 Å². The molecule has 5 nitrogen and oxygen atoms in total. The van der Waals surface area contributed by atoms with E-state index in [1.54, 1.807) is 6.07 Å². The van der Waals surface area contributed by atoms with Crippen LogP contribution in [0.2, 0.25) is 0 Å². The van der Waals surface area contributed by atoms with Crippen molar-refractivity contribution in [1.29, 1.82) is 5.26 Å². The Hall–Kier alpha value is -3.01. The van der Waals surface area contributed by atoms with Crippen molar-refractivity contribution < 1.29 is 18.4 Å². The molecule has 7 heteroatoms. The van der Waals surface area contributed by atoms with E-state index in [0.717, 1.165) is 24.3 Å². The minimum atomic E-state index is -0.775. The molecule has 0 saturated heterocycles. The molecule has 0 amide bonds. The number of nitro groups is 1. The number of rotatable bonds is 4. The Bertz CT molecular complexity index is 741. The van der Waals surface area contributed by atoms with Crippen LogP contribution in [0, 0.1) is 33.1 Å². The first-order chi connectivity index (χ1) is 10.0. The smallest absolute Gasteiger partial charge is 0.272 e. The first-order valence-corrected chi connectivity index (χ1v) is 5.76. The summed E-state index contributed by atoms with van der Waals surface area (Å²) in [6.45, 7) is -0.225. The van der Waals surface area contributed by atoms with Crippen LogP contribution in [0.15, 0.2) is 36.4 Å². The van der Waals surface area contributed by atoms with Gasteiger partial charge in [0.2, 0.25) is 0 Å². The number of nitrogens with zero attached hydrogens (tertiary/aromatic N) is 2. The summed E-state index contributed by atoms with van der Waals surface area (Å²) in [5.74, 6) is -1.52. The number of benzene rings is 2. The first kappa shape index (κ1) is 14.4. The largest absolute Gasteiger partial charge is 0.487 e. The summed E-state index contributed by atoms with van der Waals surface area (Å²) < 4.78 is 31.8. The molecule has 0 aliphatic carbocycles. The number of hydrogen-bond donors (Lipinski definition) is 0. The fourth-order valence-corrected chi connectivity index (χ4v) is 1.72. The zero-order valence-corrected chi connectivity index (χ0v) is 10.5. The van der Waals surface area contributed by atoms with Gasteiger partial charge in [0.25, 0.3) is 5.69 Å². The normalized spacial score (nSPS) is 9.95. The maximum atomic E-state index is 13.4. The van der Waals surface area contributed by atoms with Crippen molar-refractivity contribution in [3.8, 4) is 11.8 Å². The van der Waals surface area contributed by atoms with Crippen LogP contribution >= 0.6 is 0 Å².